The lowest BCUT2D eigenvalue weighted by Crippen LogP contribution is -2.16. The van der Waals surface area contributed by atoms with Crippen LogP contribution in [-0.2, 0) is 4.79 Å². The van der Waals surface area contributed by atoms with Crippen molar-refractivity contribution in [3.8, 4) is 11.3 Å². The molecule has 0 unspecified atom stereocenters. The van der Waals surface area contributed by atoms with Crippen LogP contribution in [0.5, 0.6) is 0 Å². The number of carbonyl (C=O) groups is 1. The Hall–Kier alpha value is -1.61. The monoisotopic (exact) mass is 336 g/mol. The molecule has 1 aromatic heterocycles. The fourth-order valence-corrected chi connectivity index (χ4v) is 2.52. The van der Waals surface area contributed by atoms with Crippen LogP contribution in [0.25, 0.3) is 11.3 Å². The Morgan fingerprint density at radius 2 is 2.14 bits per heavy atom. The van der Waals surface area contributed by atoms with Gasteiger partial charge in [-0.05, 0) is 23.9 Å². The third-order valence-corrected chi connectivity index (χ3v) is 3.73. The molecule has 3 nitrogen and oxygen atoms in total. The smallest absolute Gasteiger partial charge is 0.301 e. The Labute approximate surface area is 125 Å². The van der Waals surface area contributed by atoms with E-state index in [4.69, 9.17) is 0 Å². The van der Waals surface area contributed by atoms with Crippen molar-refractivity contribution < 1.29 is 22.4 Å². The number of aromatic nitrogens is 1. The topological polar surface area (TPSA) is 42.0 Å². The van der Waals surface area contributed by atoms with E-state index in [1.807, 2.05) is 0 Å². The molecular weight excluding hydrogens is 328 g/mol. The van der Waals surface area contributed by atoms with Crippen LogP contribution in [0.4, 0.5) is 22.7 Å². The van der Waals surface area contributed by atoms with Gasteiger partial charge in [-0.15, -0.1) is 11.3 Å². The van der Waals surface area contributed by atoms with Crippen molar-refractivity contribution in [1.82, 2.24) is 4.98 Å². The van der Waals surface area contributed by atoms with Gasteiger partial charge in [0.05, 0.1) is 11.4 Å². The molecule has 2 rings (SSSR count). The van der Waals surface area contributed by atoms with Gasteiger partial charge in [-0.25, -0.2) is 9.37 Å². The zero-order valence-electron chi connectivity index (χ0n) is 10.3. The maximum Gasteiger partial charge on any atom is 0.442 e. The quantitative estimate of drug-likeness (QED) is 0.853. The summed E-state index contributed by atoms with van der Waals surface area (Å²) >= 11 is 0.637. The Bertz CT molecular complexity index is 642. The predicted molar refractivity (Wildman–Crippen MR) is 74.7 cm³/mol. The summed E-state index contributed by atoms with van der Waals surface area (Å²) in [5.74, 6) is -1.96. The van der Waals surface area contributed by atoms with Gasteiger partial charge in [-0.2, -0.15) is 13.2 Å². The number of thiazole rings is 1. The molecule has 0 aliphatic carbocycles. The van der Waals surface area contributed by atoms with Gasteiger partial charge in [-0.1, -0.05) is 12.1 Å². The molecule has 1 amide bonds. The summed E-state index contributed by atoms with van der Waals surface area (Å²) in [4.78, 5) is 15.4. The van der Waals surface area contributed by atoms with Crippen LogP contribution in [0.1, 0.15) is 0 Å². The second-order valence-corrected chi connectivity index (χ2v) is 5.73. The number of rotatable bonds is 4. The molecule has 21 heavy (non-hydrogen) atoms. The number of amides is 1. The number of nitrogens with zero attached hydrogens (tertiary/aromatic N) is 1. The van der Waals surface area contributed by atoms with E-state index < -0.39 is 34.7 Å². The average Bonchev–Trinajstić information content (AvgIpc) is 2.84. The maximum absolute atomic E-state index is 13.1. The predicted octanol–water partition coefficient (Wildman–Crippen LogP) is 4.14. The van der Waals surface area contributed by atoms with E-state index in [2.05, 4.69) is 10.3 Å². The van der Waals surface area contributed by atoms with Crippen LogP contribution >= 0.6 is 23.1 Å². The van der Waals surface area contributed by atoms with Crippen molar-refractivity contribution in [3.63, 3.8) is 0 Å². The molecule has 0 aliphatic rings. The zero-order chi connectivity index (χ0) is 15.5. The fraction of sp³-hybridized carbons (Fsp3) is 0.167. The van der Waals surface area contributed by atoms with Crippen molar-refractivity contribution in [2.45, 2.75) is 5.51 Å². The Morgan fingerprint density at radius 3 is 2.81 bits per heavy atom. The number of halogens is 4. The number of hydrogen-bond donors (Lipinski definition) is 1. The first-order valence-corrected chi connectivity index (χ1v) is 7.42. The van der Waals surface area contributed by atoms with Crippen molar-refractivity contribution in [3.05, 3.63) is 35.5 Å². The summed E-state index contributed by atoms with van der Waals surface area (Å²) in [5, 5.41) is 4.03. The zero-order valence-corrected chi connectivity index (χ0v) is 11.9. The van der Waals surface area contributed by atoms with Crippen LogP contribution < -0.4 is 5.32 Å². The Morgan fingerprint density at radius 1 is 1.38 bits per heavy atom. The number of nitrogens with one attached hydrogen (secondary N) is 1. The van der Waals surface area contributed by atoms with Crippen LogP contribution in [0, 0.1) is 5.82 Å². The molecule has 0 bridgehead atoms. The summed E-state index contributed by atoms with van der Waals surface area (Å²) in [6.45, 7) is 0. The standard InChI is InChI=1S/C12H8F4N2OS2/c13-8-3-1-2-7(4-8)9-5-20-11(17-9)18-10(19)6-21-12(14,15)16/h1-5H,6H2,(H,17,18,19). The number of anilines is 1. The van der Waals surface area contributed by atoms with E-state index in [0.717, 1.165) is 11.3 Å². The van der Waals surface area contributed by atoms with E-state index in [1.165, 1.54) is 18.2 Å². The average molecular weight is 336 g/mol. The van der Waals surface area contributed by atoms with Crippen molar-refractivity contribution in [2.24, 2.45) is 0 Å². The molecule has 2 aromatic rings. The van der Waals surface area contributed by atoms with Gasteiger partial charge < -0.3 is 5.32 Å². The van der Waals surface area contributed by atoms with Gasteiger partial charge in [0.2, 0.25) is 5.91 Å². The second-order valence-electron chi connectivity index (χ2n) is 3.83. The molecule has 9 heteroatoms. The Balaban J connectivity index is 1.99. The van der Waals surface area contributed by atoms with E-state index in [9.17, 15) is 22.4 Å². The van der Waals surface area contributed by atoms with Crippen LogP contribution in [0.15, 0.2) is 29.6 Å². The van der Waals surface area contributed by atoms with Crippen molar-refractivity contribution in [1.29, 1.82) is 0 Å². The largest absolute Gasteiger partial charge is 0.442 e. The SMILES string of the molecule is O=C(CSC(F)(F)F)Nc1nc(-c2cccc(F)c2)cs1. The van der Waals surface area contributed by atoms with Crippen molar-refractivity contribution >= 4 is 34.1 Å². The van der Waals surface area contributed by atoms with E-state index >= 15 is 0 Å². The van der Waals surface area contributed by atoms with Gasteiger partial charge in [0.15, 0.2) is 5.13 Å². The number of benzene rings is 1. The lowest BCUT2D eigenvalue weighted by atomic mass is 10.2. The minimum Gasteiger partial charge on any atom is -0.301 e. The van der Waals surface area contributed by atoms with Crippen LogP contribution in [-0.4, -0.2) is 22.2 Å². The van der Waals surface area contributed by atoms with Crippen LogP contribution in [0.3, 0.4) is 0 Å². The number of thioether (sulfide) groups is 1. The van der Waals surface area contributed by atoms with E-state index in [1.54, 1.807) is 11.4 Å². The first kappa shape index (κ1) is 15.8. The molecule has 0 aliphatic heterocycles. The summed E-state index contributed by atoms with van der Waals surface area (Å²) < 4.78 is 48.9. The Kier molecular flexibility index (Phi) is 4.84. The summed E-state index contributed by atoms with van der Waals surface area (Å²) in [6.07, 6.45) is 0. The van der Waals surface area contributed by atoms with Gasteiger partial charge in [0.25, 0.3) is 0 Å². The minimum atomic E-state index is -4.45. The molecule has 0 spiro atoms. The third kappa shape index (κ3) is 5.01. The fourth-order valence-electron chi connectivity index (χ4n) is 1.41. The minimum absolute atomic E-state index is 0.169. The maximum atomic E-state index is 13.1. The molecule has 0 saturated carbocycles. The van der Waals surface area contributed by atoms with Crippen molar-refractivity contribution in [2.75, 3.05) is 11.1 Å². The number of hydrogen-bond acceptors (Lipinski definition) is 4. The van der Waals surface area contributed by atoms with Gasteiger partial charge >= 0.3 is 5.51 Å². The normalized spacial score (nSPS) is 11.4. The first-order chi connectivity index (χ1) is 9.83. The molecule has 0 radical (unpaired) electrons. The highest BCUT2D eigenvalue weighted by Gasteiger charge is 2.29. The van der Waals surface area contributed by atoms with Gasteiger partial charge in [0.1, 0.15) is 5.82 Å². The second kappa shape index (κ2) is 6.44. The lowest BCUT2D eigenvalue weighted by molar-refractivity contribution is -0.114. The molecule has 1 aromatic carbocycles. The number of alkyl halides is 3. The molecule has 0 fully saturated rings. The van der Waals surface area contributed by atoms with Gasteiger partial charge in [-0.3, -0.25) is 4.79 Å². The summed E-state index contributed by atoms with van der Waals surface area (Å²) in [6, 6.07) is 5.72. The summed E-state index contributed by atoms with van der Waals surface area (Å²) in [5.41, 5.74) is -3.48. The molecule has 0 atom stereocenters. The number of carbonyl (C=O) groups excluding carboxylic acids is 1. The third-order valence-electron chi connectivity index (χ3n) is 2.24. The first-order valence-electron chi connectivity index (χ1n) is 5.55. The molecule has 1 heterocycles. The molecule has 0 saturated heterocycles. The molecular formula is C12H8F4N2OS2. The highest BCUT2D eigenvalue weighted by atomic mass is 32.2. The van der Waals surface area contributed by atoms with E-state index in [-0.39, 0.29) is 5.13 Å². The highest BCUT2D eigenvalue weighted by molar-refractivity contribution is 8.00. The lowest BCUT2D eigenvalue weighted by Gasteiger charge is -2.04. The van der Waals surface area contributed by atoms with E-state index in [0.29, 0.717) is 11.3 Å². The highest BCUT2D eigenvalue weighted by Crippen LogP contribution is 2.30. The summed E-state index contributed by atoms with van der Waals surface area (Å²) in [7, 11) is 0. The van der Waals surface area contributed by atoms with Gasteiger partial charge in [0, 0.05) is 10.9 Å². The molecule has 112 valence electrons. The van der Waals surface area contributed by atoms with Crippen LogP contribution in [0.2, 0.25) is 0 Å². The molecule has 1 N–H and O–H groups in total.